The standard InChI is InChI=1S/C7H17N5/c8-5-1-3-6(4-2-5)11-7(9)12-10/h5-6H,1-4,8,10H2,(H3,9,11,12). The van der Waals surface area contributed by atoms with Crippen molar-refractivity contribution in [1.82, 2.24) is 10.7 Å². The van der Waals surface area contributed by atoms with Crippen molar-refractivity contribution in [1.29, 1.82) is 5.41 Å². The van der Waals surface area contributed by atoms with Gasteiger partial charge in [0.15, 0.2) is 0 Å². The predicted molar refractivity (Wildman–Crippen MR) is 48.4 cm³/mol. The molecule has 5 heteroatoms. The van der Waals surface area contributed by atoms with Gasteiger partial charge in [-0.25, -0.2) is 5.84 Å². The summed E-state index contributed by atoms with van der Waals surface area (Å²) >= 11 is 0. The van der Waals surface area contributed by atoms with Crippen LogP contribution in [0.25, 0.3) is 0 Å². The van der Waals surface area contributed by atoms with Crippen LogP contribution >= 0.6 is 0 Å². The second-order valence-electron chi connectivity index (χ2n) is 3.28. The van der Waals surface area contributed by atoms with E-state index < -0.39 is 0 Å². The lowest BCUT2D eigenvalue weighted by Gasteiger charge is -2.27. The van der Waals surface area contributed by atoms with E-state index >= 15 is 0 Å². The molecule has 0 heterocycles. The summed E-state index contributed by atoms with van der Waals surface area (Å²) < 4.78 is 0. The molecule has 1 aliphatic carbocycles. The molecule has 7 N–H and O–H groups in total. The van der Waals surface area contributed by atoms with E-state index in [2.05, 4.69) is 10.7 Å². The second-order valence-corrected chi connectivity index (χ2v) is 3.28. The van der Waals surface area contributed by atoms with Crippen molar-refractivity contribution >= 4 is 5.96 Å². The van der Waals surface area contributed by atoms with Crippen molar-refractivity contribution in [3.63, 3.8) is 0 Å². The maximum atomic E-state index is 7.25. The molecule has 0 spiro atoms. The quantitative estimate of drug-likeness (QED) is 0.155. The first-order valence-electron chi connectivity index (χ1n) is 4.29. The minimum absolute atomic E-state index is 0.190. The van der Waals surface area contributed by atoms with E-state index in [4.69, 9.17) is 17.0 Å². The van der Waals surface area contributed by atoms with Gasteiger partial charge < -0.3 is 11.1 Å². The van der Waals surface area contributed by atoms with Gasteiger partial charge in [0.05, 0.1) is 0 Å². The molecule has 0 aromatic rings. The van der Waals surface area contributed by atoms with Crippen LogP contribution in [-0.4, -0.2) is 18.0 Å². The van der Waals surface area contributed by atoms with Crippen LogP contribution in [0.15, 0.2) is 0 Å². The minimum Gasteiger partial charge on any atom is -0.353 e. The fraction of sp³-hybridized carbons (Fsp3) is 0.857. The van der Waals surface area contributed by atoms with Crippen molar-refractivity contribution in [3.8, 4) is 0 Å². The van der Waals surface area contributed by atoms with E-state index in [1.165, 1.54) is 0 Å². The van der Waals surface area contributed by atoms with Gasteiger partial charge in [-0.15, -0.1) is 0 Å². The normalized spacial score (nSPS) is 29.5. The second kappa shape index (κ2) is 4.27. The number of hydrazine groups is 1. The van der Waals surface area contributed by atoms with Crippen LogP contribution in [-0.2, 0) is 0 Å². The van der Waals surface area contributed by atoms with E-state index in [9.17, 15) is 0 Å². The number of hydrogen-bond acceptors (Lipinski definition) is 3. The Balaban J connectivity index is 2.21. The SMILES string of the molecule is N=C(NN)NC1CCC(N)CC1. The van der Waals surface area contributed by atoms with Crippen molar-refractivity contribution in [2.45, 2.75) is 37.8 Å². The Hall–Kier alpha value is -0.810. The van der Waals surface area contributed by atoms with Gasteiger partial charge in [0.25, 0.3) is 0 Å². The highest BCUT2D eigenvalue weighted by atomic mass is 15.3. The highest BCUT2D eigenvalue weighted by molar-refractivity contribution is 5.75. The number of rotatable bonds is 1. The minimum atomic E-state index is 0.190. The highest BCUT2D eigenvalue weighted by Crippen LogP contribution is 2.16. The zero-order chi connectivity index (χ0) is 8.97. The lowest BCUT2D eigenvalue weighted by molar-refractivity contribution is 0.371. The Bertz CT molecular complexity index is 150. The molecule has 0 atom stereocenters. The Morgan fingerprint density at radius 3 is 2.33 bits per heavy atom. The van der Waals surface area contributed by atoms with E-state index in [0.29, 0.717) is 12.1 Å². The summed E-state index contributed by atoms with van der Waals surface area (Å²) in [5.74, 6) is 5.25. The summed E-state index contributed by atoms with van der Waals surface area (Å²) in [7, 11) is 0. The maximum Gasteiger partial charge on any atom is 0.203 e. The molecule has 70 valence electrons. The number of nitrogens with two attached hydrogens (primary N) is 2. The van der Waals surface area contributed by atoms with Crippen LogP contribution in [0.1, 0.15) is 25.7 Å². The molecular formula is C7H17N5. The summed E-state index contributed by atoms with van der Waals surface area (Å²) in [6.07, 6.45) is 4.14. The first kappa shape index (κ1) is 9.28. The highest BCUT2D eigenvalue weighted by Gasteiger charge is 2.18. The maximum absolute atomic E-state index is 7.25. The Morgan fingerprint density at radius 1 is 1.25 bits per heavy atom. The van der Waals surface area contributed by atoms with E-state index in [0.717, 1.165) is 25.7 Å². The first-order valence-corrected chi connectivity index (χ1v) is 4.29. The molecule has 5 nitrogen and oxygen atoms in total. The molecule has 1 aliphatic rings. The van der Waals surface area contributed by atoms with Crippen LogP contribution in [0.2, 0.25) is 0 Å². The average Bonchev–Trinajstić information content (AvgIpc) is 2.09. The largest absolute Gasteiger partial charge is 0.353 e. The fourth-order valence-electron chi connectivity index (χ4n) is 1.51. The Morgan fingerprint density at radius 2 is 1.83 bits per heavy atom. The first-order chi connectivity index (χ1) is 5.72. The van der Waals surface area contributed by atoms with Crippen molar-refractivity contribution < 1.29 is 0 Å². The van der Waals surface area contributed by atoms with Crippen molar-refractivity contribution in [2.75, 3.05) is 0 Å². The number of guanidine groups is 1. The molecule has 0 radical (unpaired) electrons. The molecule has 0 aromatic carbocycles. The molecule has 12 heavy (non-hydrogen) atoms. The summed E-state index contributed by atoms with van der Waals surface area (Å²) in [6, 6.07) is 0.719. The molecule has 0 aliphatic heterocycles. The number of nitrogens with one attached hydrogen (secondary N) is 3. The van der Waals surface area contributed by atoms with Crippen LogP contribution < -0.4 is 22.3 Å². The molecule has 1 saturated carbocycles. The summed E-state index contributed by atoms with van der Waals surface area (Å²) in [4.78, 5) is 0. The third-order valence-corrected chi connectivity index (χ3v) is 2.26. The van der Waals surface area contributed by atoms with Crippen molar-refractivity contribution in [2.24, 2.45) is 11.6 Å². The van der Waals surface area contributed by atoms with Crippen LogP contribution in [0.3, 0.4) is 0 Å². The third-order valence-electron chi connectivity index (χ3n) is 2.26. The lowest BCUT2D eigenvalue weighted by atomic mass is 9.92. The van der Waals surface area contributed by atoms with E-state index in [1.54, 1.807) is 0 Å². The molecule has 0 aromatic heterocycles. The molecule has 0 saturated heterocycles. The molecular weight excluding hydrogens is 154 g/mol. The van der Waals surface area contributed by atoms with Crippen molar-refractivity contribution in [3.05, 3.63) is 0 Å². The van der Waals surface area contributed by atoms with Crippen LogP contribution in [0.4, 0.5) is 0 Å². The third kappa shape index (κ3) is 2.67. The van der Waals surface area contributed by atoms with Gasteiger partial charge in [0.2, 0.25) is 5.96 Å². The average molecular weight is 171 g/mol. The summed E-state index contributed by atoms with van der Waals surface area (Å²) in [5, 5.41) is 10.2. The van der Waals surface area contributed by atoms with E-state index in [-0.39, 0.29) is 5.96 Å². The van der Waals surface area contributed by atoms with Crippen LogP contribution in [0.5, 0.6) is 0 Å². The smallest absolute Gasteiger partial charge is 0.203 e. The van der Waals surface area contributed by atoms with Gasteiger partial charge >= 0.3 is 0 Å². The Labute approximate surface area is 72.4 Å². The van der Waals surface area contributed by atoms with Gasteiger partial charge in [-0.1, -0.05) is 0 Å². The van der Waals surface area contributed by atoms with Gasteiger partial charge in [0, 0.05) is 12.1 Å². The van der Waals surface area contributed by atoms with Crippen LogP contribution in [0, 0.1) is 5.41 Å². The monoisotopic (exact) mass is 171 g/mol. The fourth-order valence-corrected chi connectivity index (χ4v) is 1.51. The molecule has 1 rings (SSSR count). The number of hydrogen-bond donors (Lipinski definition) is 5. The van der Waals surface area contributed by atoms with Gasteiger partial charge in [0.1, 0.15) is 0 Å². The van der Waals surface area contributed by atoms with E-state index in [1.807, 2.05) is 0 Å². The molecule has 1 fully saturated rings. The molecule has 0 unspecified atom stereocenters. The Kier molecular flexibility index (Phi) is 3.31. The lowest BCUT2D eigenvalue weighted by Crippen LogP contribution is -2.47. The molecule has 0 amide bonds. The zero-order valence-electron chi connectivity index (χ0n) is 7.14. The summed E-state index contributed by atoms with van der Waals surface area (Å²) in [5.41, 5.74) is 8.00. The molecule has 0 bridgehead atoms. The summed E-state index contributed by atoms with van der Waals surface area (Å²) in [6.45, 7) is 0. The van der Waals surface area contributed by atoms with Gasteiger partial charge in [-0.2, -0.15) is 0 Å². The zero-order valence-corrected chi connectivity index (χ0v) is 7.14. The van der Waals surface area contributed by atoms with Gasteiger partial charge in [-0.05, 0) is 25.7 Å². The topological polar surface area (TPSA) is 100.0 Å². The van der Waals surface area contributed by atoms with Gasteiger partial charge in [-0.3, -0.25) is 10.8 Å². The predicted octanol–water partition coefficient (Wildman–Crippen LogP) is -0.756.